The number of benzene rings is 2. The topological polar surface area (TPSA) is 96.4 Å². The number of anilines is 1. The van der Waals surface area contributed by atoms with E-state index in [0.717, 1.165) is 0 Å². The number of para-hydroxylation sites is 1. The van der Waals surface area contributed by atoms with Crippen molar-refractivity contribution in [2.45, 2.75) is 4.90 Å². The highest BCUT2D eigenvalue weighted by molar-refractivity contribution is 7.92. The van der Waals surface area contributed by atoms with Crippen molar-refractivity contribution in [3.63, 3.8) is 0 Å². The van der Waals surface area contributed by atoms with Crippen molar-refractivity contribution in [1.29, 1.82) is 0 Å². The van der Waals surface area contributed by atoms with Crippen LogP contribution >= 0.6 is 11.6 Å². The molecule has 0 fully saturated rings. The van der Waals surface area contributed by atoms with E-state index in [4.69, 9.17) is 16.7 Å². The van der Waals surface area contributed by atoms with Gasteiger partial charge >= 0.3 is 5.97 Å². The van der Waals surface area contributed by atoms with E-state index < -0.39 is 16.0 Å². The molecule has 0 unspecified atom stereocenters. The summed E-state index contributed by atoms with van der Waals surface area (Å²) in [5, 5.41) is 9.97. The fourth-order valence-corrected chi connectivity index (χ4v) is 3.55. The first-order chi connectivity index (χ1) is 11.4. The molecule has 0 atom stereocenters. The Kier molecular flexibility index (Phi) is 4.13. The molecule has 0 aliphatic heterocycles. The summed E-state index contributed by atoms with van der Waals surface area (Å²) in [6.07, 6.45) is 0. The van der Waals surface area contributed by atoms with E-state index >= 15 is 0 Å². The monoisotopic (exact) mass is 362 g/mol. The molecule has 0 saturated carbocycles. The van der Waals surface area contributed by atoms with Crippen LogP contribution in [0.25, 0.3) is 10.9 Å². The molecule has 2 N–H and O–H groups in total. The number of nitrogens with zero attached hydrogens (tertiary/aromatic N) is 1. The smallest absolute Gasteiger partial charge is 0.354 e. The van der Waals surface area contributed by atoms with Crippen molar-refractivity contribution in [2.24, 2.45) is 0 Å². The number of rotatable bonds is 4. The van der Waals surface area contributed by atoms with Crippen molar-refractivity contribution in [3.05, 3.63) is 65.3 Å². The Morgan fingerprint density at radius 1 is 1.08 bits per heavy atom. The minimum Gasteiger partial charge on any atom is -0.477 e. The van der Waals surface area contributed by atoms with Crippen LogP contribution < -0.4 is 4.72 Å². The molecule has 6 nitrogen and oxygen atoms in total. The summed E-state index contributed by atoms with van der Waals surface area (Å²) < 4.78 is 27.4. The zero-order chi connectivity index (χ0) is 17.3. The normalized spacial score (nSPS) is 11.4. The average Bonchev–Trinajstić information content (AvgIpc) is 2.54. The Morgan fingerprint density at radius 2 is 1.83 bits per heavy atom. The van der Waals surface area contributed by atoms with Gasteiger partial charge in [0.2, 0.25) is 0 Å². The number of fused-ring (bicyclic) bond motifs is 1. The number of aromatic nitrogens is 1. The number of nitrogens with one attached hydrogen (secondary N) is 1. The maximum absolute atomic E-state index is 12.5. The van der Waals surface area contributed by atoms with Crippen LogP contribution in [0.3, 0.4) is 0 Å². The largest absolute Gasteiger partial charge is 0.477 e. The summed E-state index contributed by atoms with van der Waals surface area (Å²) in [4.78, 5) is 15.1. The lowest BCUT2D eigenvalue weighted by molar-refractivity contribution is 0.0691. The summed E-state index contributed by atoms with van der Waals surface area (Å²) >= 11 is 5.83. The van der Waals surface area contributed by atoms with Crippen molar-refractivity contribution >= 4 is 44.2 Å². The van der Waals surface area contributed by atoms with E-state index in [2.05, 4.69) is 9.71 Å². The average molecular weight is 363 g/mol. The zero-order valence-electron chi connectivity index (χ0n) is 12.1. The molecule has 3 aromatic rings. The first-order valence-corrected chi connectivity index (χ1v) is 8.64. The summed E-state index contributed by atoms with van der Waals surface area (Å²) in [6, 6.07) is 13.7. The standard InChI is InChI=1S/C16H11ClN2O4S/c17-11-4-2-5-12(9-11)24(22,23)19-13-6-1-3-10-7-8-14(16(20)21)18-15(10)13/h1-9,19H,(H,20,21). The fourth-order valence-electron chi connectivity index (χ4n) is 2.19. The second-order valence-corrected chi connectivity index (χ2v) is 7.06. The number of carboxylic acid groups (broad SMARTS) is 1. The van der Waals surface area contributed by atoms with Gasteiger partial charge in [0.05, 0.1) is 16.1 Å². The fraction of sp³-hybridized carbons (Fsp3) is 0. The molecule has 0 amide bonds. The van der Waals surface area contributed by atoms with Gasteiger partial charge in [-0.3, -0.25) is 4.72 Å². The predicted molar refractivity (Wildman–Crippen MR) is 91.0 cm³/mol. The second-order valence-electron chi connectivity index (χ2n) is 4.94. The molecule has 122 valence electrons. The molecular formula is C16H11ClN2O4S. The van der Waals surface area contributed by atoms with E-state index in [1.807, 2.05) is 0 Å². The number of carbonyl (C=O) groups is 1. The highest BCUT2D eigenvalue weighted by Crippen LogP contribution is 2.25. The van der Waals surface area contributed by atoms with E-state index in [9.17, 15) is 13.2 Å². The van der Waals surface area contributed by atoms with Crippen LogP contribution in [-0.2, 0) is 10.0 Å². The zero-order valence-corrected chi connectivity index (χ0v) is 13.7. The van der Waals surface area contributed by atoms with Gasteiger partial charge in [-0.15, -0.1) is 0 Å². The first kappa shape index (κ1) is 16.2. The van der Waals surface area contributed by atoms with Crippen LogP contribution in [0, 0.1) is 0 Å². The highest BCUT2D eigenvalue weighted by atomic mass is 35.5. The molecule has 1 heterocycles. The Balaban J connectivity index is 2.09. The molecule has 0 bridgehead atoms. The van der Waals surface area contributed by atoms with E-state index in [1.165, 1.54) is 30.3 Å². The molecule has 24 heavy (non-hydrogen) atoms. The first-order valence-electron chi connectivity index (χ1n) is 6.78. The van der Waals surface area contributed by atoms with E-state index in [1.54, 1.807) is 24.3 Å². The lowest BCUT2D eigenvalue weighted by Crippen LogP contribution is -2.13. The van der Waals surface area contributed by atoms with Crippen LogP contribution in [0.5, 0.6) is 0 Å². The molecule has 0 aliphatic carbocycles. The summed E-state index contributed by atoms with van der Waals surface area (Å²) in [6.45, 7) is 0. The minimum atomic E-state index is -3.88. The summed E-state index contributed by atoms with van der Waals surface area (Å²) in [5.41, 5.74) is 0.274. The van der Waals surface area contributed by atoms with E-state index in [0.29, 0.717) is 10.4 Å². The maximum atomic E-state index is 12.5. The van der Waals surface area contributed by atoms with Crippen LogP contribution in [0.15, 0.2) is 59.5 Å². The van der Waals surface area contributed by atoms with Gasteiger partial charge in [0.1, 0.15) is 5.69 Å². The highest BCUT2D eigenvalue weighted by Gasteiger charge is 2.17. The quantitative estimate of drug-likeness (QED) is 0.741. The van der Waals surface area contributed by atoms with Crippen LogP contribution in [-0.4, -0.2) is 24.5 Å². The van der Waals surface area contributed by atoms with Gasteiger partial charge in [0, 0.05) is 10.4 Å². The van der Waals surface area contributed by atoms with E-state index in [-0.39, 0.29) is 21.8 Å². The Morgan fingerprint density at radius 3 is 2.54 bits per heavy atom. The minimum absolute atomic E-state index is 0.00129. The van der Waals surface area contributed by atoms with Crippen LogP contribution in [0.4, 0.5) is 5.69 Å². The Bertz CT molecular complexity index is 1050. The second kappa shape index (κ2) is 6.10. The van der Waals surface area contributed by atoms with Crippen LogP contribution in [0.2, 0.25) is 5.02 Å². The lowest BCUT2D eigenvalue weighted by Gasteiger charge is -2.11. The van der Waals surface area contributed by atoms with Crippen molar-refractivity contribution in [3.8, 4) is 0 Å². The lowest BCUT2D eigenvalue weighted by atomic mass is 10.2. The van der Waals surface area contributed by atoms with Gasteiger partial charge in [-0.05, 0) is 30.3 Å². The predicted octanol–water partition coefficient (Wildman–Crippen LogP) is 3.39. The third-order valence-corrected chi connectivity index (χ3v) is 4.89. The third-order valence-electron chi connectivity index (χ3n) is 3.29. The molecule has 3 rings (SSSR count). The molecule has 1 aromatic heterocycles. The van der Waals surface area contributed by atoms with Crippen molar-refractivity contribution < 1.29 is 18.3 Å². The SMILES string of the molecule is O=C(O)c1ccc2cccc(NS(=O)(=O)c3cccc(Cl)c3)c2n1. The molecule has 2 aromatic carbocycles. The number of sulfonamides is 1. The number of hydrogen-bond donors (Lipinski definition) is 2. The third kappa shape index (κ3) is 3.17. The van der Waals surface area contributed by atoms with Gasteiger partial charge in [0.15, 0.2) is 0 Å². The molecule has 0 spiro atoms. The van der Waals surface area contributed by atoms with Gasteiger partial charge in [-0.1, -0.05) is 35.9 Å². The van der Waals surface area contributed by atoms with Crippen molar-refractivity contribution in [1.82, 2.24) is 4.98 Å². The Labute approximate surface area is 142 Å². The number of carboxylic acids is 1. The molecule has 0 aliphatic rings. The van der Waals surface area contributed by atoms with Gasteiger partial charge in [-0.2, -0.15) is 0 Å². The van der Waals surface area contributed by atoms with Crippen molar-refractivity contribution in [2.75, 3.05) is 4.72 Å². The number of halogens is 1. The number of aromatic carboxylic acids is 1. The summed E-state index contributed by atoms with van der Waals surface area (Å²) in [7, 11) is -3.88. The molecule has 0 radical (unpaired) electrons. The molecular weight excluding hydrogens is 352 g/mol. The van der Waals surface area contributed by atoms with Crippen LogP contribution in [0.1, 0.15) is 10.5 Å². The number of pyridine rings is 1. The maximum Gasteiger partial charge on any atom is 0.354 e. The van der Waals surface area contributed by atoms with Gasteiger partial charge in [0.25, 0.3) is 10.0 Å². The van der Waals surface area contributed by atoms with Gasteiger partial charge in [-0.25, -0.2) is 18.2 Å². The molecule has 0 saturated heterocycles. The molecule has 8 heteroatoms. The Hall–Kier alpha value is -2.64. The summed E-state index contributed by atoms with van der Waals surface area (Å²) in [5.74, 6) is -1.19. The van der Waals surface area contributed by atoms with Gasteiger partial charge < -0.3 is 5.11 Å². The number of hydrogen-bond acceptors (Lipinski definition) is 4.